The van der Waals surface area contributed by atoms with E-state index >= 15 is 0 Å². The molecule has 0 aliphatic heterocycles. The SMILES string of the molecule is CN=C(NCCCC(=O)Nc1ccc(Cl)cc1)NCCn1cccc1. The quantitative estimate of drug-likeness (QED) is 0.384. The van der Waals surface area contributed by atoms with Gasteiger partial charge in [-0.2, -0.15) is 0 Å². The molecule has 6 nitrogen and oxygen atoms in total. The highest BCUT2D eigenvalue weighted by Gasteiger charge is 2.03. The Morgan fingerprint density at radius 1 is 1.12 bits per heavy atom. The summed E-state index contributed by atoms with van der Waals surface area (Å²) in [5.74, 6) is 0.727. The highest BCUT2D eigenvalue weighted by molar-refractivity contribution is 6.30. The molecule has 0 spiro atoms. The standard InChI is InChI=1S/C18H24ClN5O/c1-20-18(22-11-14-24-12-2-3-13-24)21-10-4-5-17(25)23-16-8-6-15(19)7-9-16/h2-3,6-9,12-13H,4-5,10-11,14H2,1H3,(H,23,25)(H2,20,21,22). The van der Waals surface area contributed by atoms with Crippen molar-refractivity contribution in [2.75, 3.05) is 25.5 Å². The Morgan fingerprint density at radius 3 is 2.48 bits per heavy atom. The molecule has 0 aliphatic rings. The van der Waals surface area contributed by atoms with Crippen LogP contribution in [0.5, 0.6) is 0 Å². The number of nitrogens with one attached hydrogen (secondary N) is 3. The molecule has 2 aromatic rings. The van der Waals surface area contributed by atoms with Crippen molar-refractivity contribution in [3.8, 4) is 0 Å². The van der Waals surface area contributed by atoms with Gasteiger partial charge in [0.1, 0.15) is 0 Å². The number of anilines is 1. The van der Waals surface area contributed by atoms with E-state index in [1.807, 2.05) is 24.5 Å². The molecule has 0 bridgehead atoms. The number of carbonyl (C=O) groups excluding carboxylic acids is 1. The summed E-state index contributed by atoms with van der Waals surface area (Å²) in [7, 11) is 1.73. The van der Waals surface area contributed by atoms with E-state index in [0.717, 1.165) is 31.2 Å². The maximum atomic E-state index is 11.9. The van der Waals surface area contributed by atoms with Crippen LogP contribution in [0.3, 0.4) is 0 Å². The predicted molar refractivity (Wildman–Crippen MR) is 103 cm³/mol. The Bertz CT molecular complexity index is 667. The minimum atomic E-state index is -0.0142. The minimum absolute atomic E-state index is 0.0142. The van der Waals surface area contributed by atoms with E-state index in [1.54, 1.807) is 31.3 Å². The third-order valence-corrected chi connectivity index (χ3v) is 3.81. The summed E-state index contributed by atoms with van der Waals surface area (Å²) in [5.41, 5.74) is 0.754. The lowest BCUT2D eigenvalue weighted by Gasteiger charge is -2.12. The van der Waals surface area contributed by atoms with E-state index in [0.29, 0.717) is 18.0 Å². The number of halogens is 1. The molecule has 0 saturated heterocycles. The monoisotopic (exact) mass is 361 g/mol. The highest BCUT2D eigenvalue weighted by atomic mass is 35.5. The Morgan fingerprint density at radius 2 is 1.80 bits per heavy atom. The number of benzene rings is 1. The lowest BCUT2D eigenvalue weighted by molar-refractivity contribution is -0.116. The molecule has 7 heteroatoms. The first-order chi connectivity index (χ1) is 12.2. The molecule has 2 rings (SSSR count). The second kappa shape index (κ2) is 10.4. The van der Waals surface area contributed by atoms with Gasteiger partial charge in [0.15, 0.2) is 5.96 Å². The van der Waals surface area contributed by atoms with Crippen molar-refractivity contribution in [2.45, 2.75) is 19.4 Å². The number of nitrogens with zero attached hydrogens (tertiary/aromatic N) is 2. The predicted octanol–water partition coefficient (Wildman–Crippen LogP) is 2.73. The van der Waals surface area contributed by atoms with E-state index in [2.05, 4.69) is 25.5 Å². The molecule has 0 unspecified atom stereocenters. The molecular formula is C18H24ClN5O. The molecular weight excluding hydrogens is 338 g/mol. The average molecular weight is 362 g/mol. The number of amides is 1. The zero-order valence-electron chi connectivity index (χ0n) is 14.3. The summed E-state index contributed by atoms with van der Waals surface area (Å²) >= 11 is 5.82. The second-order valence-electron chi connectivity index (χ2n) is 5.51. The fourth-order valence-corrected chi connectivity index (χ4v) is 2.38. The van der Waals surface area contributed by atoms with Crippen molar-refractivity contribution in [1.29, 1.82) is 0 Å². The van der Waals surface area contributed by atoms with Gasteiger partial charge < -0.3 is 20.5 Å². The number of hydrogen-bond acceptors (Lipinski definition) is 2. The lowest BCUT2D eigenvalue weighted by atomic mass is 10.2. The van der Waals surface area contributed by atoms with Crippen LogP contribution in [0, 0.1) is 0 Å². The van der Waals surface area contributed by atoms with E-state index in [9.17, 15) is 4.79 Å². The molecule has 0 fully saturated rings. The van der Waals surface area contributed by atoms with Gasteiger partial charge in [-0.05, 0) is 42.8 Å². The zero-order chi connectivity index (χ0) is 17.9. The van der Waals surface area contributed by atoms with Crippen LogP contribution in [0.2, 0.25) is 5.02 Å². The maximum absolute atomic E-state index is 11.9. The van der Waals surface area contributed by atoms with Crippen LogP contribution >= 0.6 is 11.6 Å². The van der Waals surface area contributed by atoms with Gasteiger partial charge in [-0.25, -0.2) is 0 Å². The van der Waals surface area contributed by atoms with E-state index in [-0.39, 0.29) is 5.91 Å². The van der Waals surface area contributed by atoms with Gasteiger partial charge in [-0.15, -0.1) is 0 Å². The third kappa shape index (κ3) is 7.30. The minimum Gasteiger partial charge on any atom is -0.356 e. The highest BCUT2D eigenvalue weighted by Crippen LogP contribution is 2.13. The zero-order valence-corrected chi connectivity index (χ0v) is 15.1. The molecule has 1 aromatic heterocycles. The van der Waals surface area contributed by atoms with Gasteiger partial charge >= 0.3 is 0 Å². The first kappa shape index (κ1) is 18.9. The topological polar surface area (TPSA) is 70.4 Å². The fraction of sp³-hybridized carbons (Fsp3) is 0.333. The Kier molecular flexibility index (Phi) is 7.85. The summed E-state index contributed by atoms with van der Waals surface area (Å²) < 4.78 is 2.10. The van der Waals surface area contributed by atoms with Crippen LogP contribution in [0.25, 0.3) is 0 Å². The van der Waals surface area contributed by atoms with Crippen molar-refractivity contribution in [2.24, 2.45) is 4.99 Å². The van der Waals surface area contributed by atoms with Crippen LogP contribution in [-0.2, 0) is 11.3 Å². The van der Waals surface area contributed by atoms with Gasteiger partial charge in [0.05, 0.1) is 0 Å². The Labute approximate surface area is 153 Å². The van der Waals surface area contributed by atoms with Gasteiger partial charge in [0.2, 0.25) is 5.91 Å². The van der Waals surface area contributed by atoms with Crippen LogP contribution in [0.15, 0.2) is 53.8 Å². The van der Waals surface area contributed by atoms with Crippen LogP contribution in [0.4, 0.5) is 5.69 Å². The lowest BCUT2D eigenvalue weighted by Crippen LogP contribution is -2.39. The fourth-order valence-electron chi connectivity index (χ4n) is 2.26. The number of rotatable bonds is 8. The van der Waals surface area contributed by atoms with Crippen molar-refractivity contribution in [3.05, 3.63) is 53.8 Å². The molecule has 134 valence electrons. The molecule has 0 aliphatic carbocycles. The smallest absolute Gasteiger partial charge is 0.224 e. The van der Waals surface area contributed by atoms with Gasteiger partial charge in [-0.1, -0.05) is 11.6 Å². The van der Waals surface area contributed by atoms with E-state index < -0.39 is 0 Å². The van der Waals surface area contributed by atoms with Crippen molar-refractivity contribution >= 4 is 29.2 Å². The summed E-state index contributed by atoms with van der Waals surface area (Å²) in [6.45, 7) is 2.33. The largest absolute Gasteiger partial charge is 0.356 e. The number of carbonyl (C=O) groups is 1. The average Bonchev–Trinajstić information content (AvgIpc) is 3.12. The normalized spacial score (nSPS) is 11.2. The van der Waals surface area contributed by atoms with Crippen LogP contribution < -0.4 is 16.0 Å². The van der Waals surface area contributed by atoms with Gasteiger partial charge in [0.25, 0.3) is 0 Å². The molecule has 1 heterocycles. The summed E-state index contributed by atoms with van der Waals surface area (Å²) in [6, 6.07) is 11.1. The molecule has 0 atom stereocenters. The number of guanidine groups is 1. The number of hydrogen-bond donors (Lipinski definition) is 3. The molecule has 0 saturated carbocycles. The van der Waals surface area contributed by atoms with Crippen molar-refractivity contribution in [1.82, 2.24) is 15.2 Å². The summed E-state index contributed by atoms with van der Waals surface area (Å²) in [4.78, 5) is 16.1. The first-order valence-electron chi connectivity index (χ1n) is 8.28. The van der Waals surface area contributed by atoms with Crippen LogP contribution in [0.1, 0.15) is 12.8 Å². The molecule has 1 aromatic carbocycles. The Balaban J connectivity index is 1.58. The van der Waals surface area contributed by atoms with Gasteiger partial charge in [0, 0.05) is 56.2 Å². The van der Waals surface area contributed by atoms with Crippen molar-refractivity contribution in [3.63, 3.8) is 0 Å². The number of aromatic nitrogens is 1. The maximum Gasteiger partial charge on any atom is 0.224 e. The number of aliphatic imine (C=N–C) groups is 1. The van der Waals surface area contributed by atoms with E-state index in [4.69, 9.17) is 11.6 Å². The molecule has 3 N–H and O–H groups in total. The van der Waals surface area contributed by atoms with Gasteiger partial charge in [-0.3, -0.25) is 9.79 Å². The van der Waals surface area contributed by atoms with Crippen LogP contribution in [-0.4, -0.2) is 36.6 Å². The Hall–Kier alpha value is -2.47. The molecule has 1 amide bonds. The first-order valence-corrected chi connectivity index (χ1v) is 8.66. The van der Waals surface area contributed by atoms with E-state index in [1.165, 1.54) is 0 Å². The second-order valence-corrected chi connectivity index (χ2v) is 5.94. The third-order valence-electron chi connectivity index (χ3n) is 3.55. The molecule has 0 radical (unpaired) electrons. The van der Waals surface area contributed by atoms with Crippen molar-refractivity contribution < 1.29 is 4.79 Å². The molecule has 25 heavy (non-hydrogen) atoms. The summed E-state index contributed by atoms with van der Waals surface area (Å²) in [5, 5.41) is 9.95. The summed E-state index contributed by atoms with van der Waals surface area (Å²) in [6.07, 6.45) is 5.21.